The van der Waals surface area contributed by atoms with Gasteiger partial charge in [0.2, 0.25) is 11.8 Å². The molecule has 2 N–H and O–H groups in total. The number of nitrogens with zero attached hydrogens (tertiary/aromatic N) is 4. The Morgan fingerprint density at radius 1 is 1.10 bits per heavy atom. The average Bonchev–Trinajstić information content (AvgIpc) is 3.07. The Bertz CT molecular complexity index is 1170. The van der Waals surface area contributed by atoms with Crippen LogP contribution in [0.25, 0.3) is 5.95 Å². The Balaban J connectivity index is 1.89. The summed E-state index contributed by atoms with van der Waals surface area (Å²) in [7, 11) is -1.35. The highest BCUT2D eigenvalue weighted by Gasteiger charge is 2.22. The van der Waals surface area contributed by atoms with Crippen molar-refractivity contribution in [2.45, 2.75) is 11.8 Å². The minimum atomic E-state index is -4.20. The van der Waals surface area contributed by atoms with Crippen LogP contribution in [0.15, 0.2) is 41.3 Å². The fraction of sp³-hybridized carbons (Fsp3) is 0.176. The number of ether oxygens (including phenoxy) is 2. The fourth-order valence-corrected chi connectivity index (χ4v) is 3.85. The predicted molar refractivity (Wildman–Crippen MR) is 108 cm³/mol. The predicted octanol–water partition coefficient (Wildman–Crippen LogP) is 2.15. The van der Waals surface area contributed by atoms with E-state index in [4.69, 9.17) is 21.1 Å². The molecule has 2 heterocycles. The topological polar surface area (TPSA) is 137 Å². The largest absolute Gasteiger partial charge is 0.481 e. The molecule has 1 aromatic carbocycles. The molecule has 0 unspecified atom stereocenters. The standard InChI is InChI=1S/C17H17ClN6O5S/c1-10-8-13(24(22-10)16-20-14(28-2)9-15(21-16)29-3)19-17(25)23-30(26,27)12-7-5-4-6-11(12)18/h4-9H,1-3H3,(H2,19,23,25). The van der Waals surface area contributed by atoms with Gasteiger partial charge in [-0.2, -0.15) is 19.7 Å². The van der Waals surface area contributed by atoms with Crippen molar-refractivity contribution in [3.63, 3.8) is 0 Å². The van der Waals surface area contributed by atoms with E-state index in [0.29, 0.717) is 5.69 Å². The molecule has 0 aliphatic carbocycles. The Morgan fingerprint density at radius 2 is 1.73 bits per heavy atom. The number of urea groups is 1. The summed E-state index contributed by atoms with van der Waals surface area (Å²) in [6.45, 7) is 1.68. The third kappa shape index (κ3) is 4.60. The first kappa shape index (κ1) is 21.3. The van der Waals surface area contributed by atoms with E-state index in [-0.39, 0.29) is 33.4 Å². The van der Waals surface area contributed by atoms with E-state index in [0.717, 1.165) is 0 Å². The second kappa shape index (κ2) is 8.55. The van der Waals surface area contributed by atoms with Crippen molar-refractivity contribution in [3.8, 4) is 17.7 Å². The number of benzene rings is 1. The van der Waals surface area contributed by atoms with Gasteiger partial charge in [-0.05, 0) is 19.1 Å². The number of aromatic nitrogens is 4. The van der Waals surface area contributed by atoms with Crippen molar-refractivity contribution in [2.24, 2.45) is 0 Å². The van der Waals surface area contributed by atoms with Gasteiger partial charge in [0.25, 0.3) is 16.0 Å². The molecule has 30 heavy (non-hydrogen) atoms. The summed E-state index contributed by atoms with van der Waals surface area (Å²) in [5.41, 5.74) is 0.518. The maximum atomic E-state index is 12.4. The quantitative estimate of drug-likeness (QED) is 0.580. The Hall–Kier alpha value is -3.38. The summed E-state index contributed by atoms with van der Waals surface area (Å²) >= 11 is 5.91. The first-order valence-electron chi connectivity index (χ1n) is 8.36. The number of carbonyl (C=O) groups is 1. The van der Waals surface area contributed by atoms with Gasteiger partial charge in [-0.25, -0.2) is 17.9 Å². The van der Waals surface area contributed by atoms with E-state index in [2.05, 4.69) is 20.4 Å². The first-order valence-corrected chi connectivity index (χ1v) is 10.2. The van der Waals surface area contributed by atoms with Crippen LogP contribution in [0, 0.1) is 6.92 Å². The molecule has 2 amide bonds. The van der Waals surface area contributed by atoms with Gasteiger partial charge < -0.3 is 9.47 Å². The molecule has 0 aliphatic heterocycles. The van der Waals surface area contributed by atoms with E-state index < -0.39 is 16.1 Å². The zero-order chi connectivity index (χ0) is 21.9. The van der Waals surface area contributed by atoms with Gasteiger partial charge in [-0.3, -0.25) is 5.32 Å². The van der Waals surface area contributed by atoms with Crippen molar-refractivity contribution in [2.75, 3.05) is 19.5 Å². The van der Waals surface area contributed by atoms with E-state index in [1.54, 1.807) is 13.0 Å². The number of carbonyl (C=O) groups excluding carboxylic acids is 1. The number of anilines is 1. The minimum absolute atomic E-state index is 0.0180. The smallest absolute Gasteiger partial charge is 0.334 e. The van der Waals surface area contributed by atoms with Gasteiger partial charge in [-0.1, -0.05) is 23.7 Å². The van der Waals surface area contributed by atoms with Gasteiger partial charge in [0.1, 0.15) is 10.7 Å². The van der Waals surface area contributed by atoms with E-state index in [1.165, 1.54) is 49.2 Å². The zero-order valence-corrected chi connectivity index (χ0v) is 17.7. The number of hydrogen-bond donors (Lipinski definition) is 2. The minimum Gasteiger partial charge on any atom is -0.481 e. The van der Waals surface area contributed by atoms with Crippen LogP contribution in [0.2, 0.25) is 5.02 Å². The molecule has 0 saturated carbocycles. The lowest BCUT2D eigenvalue weighted by atomic mass is 10.4. The molecule has 0 fully saturated rings. The third-order valence-corrected chi connectivity index (χ3v) is 5.53. The zero-order valence-electron chi connectivity index (χ0n) is 16.1. The van der Waals surface area contributed by atoms with Crippen molar-refractivity contribution in [3.05, 3.63) is 47.1 Å². The summed E-state index contributed by atoms with van der Waals surface area (Å²) in [6, 6.07) is 7.70. The van der Waals surface area contributed by atoms with Crippen molar-refractivity contribution >= 4 is 33.5 Å². The molecule has 13 heteroatoms. The van der Waals surface area contributed by atoms with Crippen LogP contribution in [0.3, 0.4) is 0 Å². The molecule has 3 rings (SSSR count). The highest BCUT2D eigenvalue weighted by Crippen LogP contribution is 2.22. The van der Waals surface area contributed by atoms with Crippen molar-refractivity contribution in [1.29, 1.82) is 0 Å². The Labute approximate surface area is 177 Å². The molecule has 0 bridgehead atoms. The average molecular weight is 453 g/mol. The molecule has 0 atom stereocenters. The molecule has 0 saturated heterocycles. The van der Waals surface area contributed by atoms with Crippen molar-refractivity contribution < 1.29 is 22.7 Å². The molecular formula is C17H17ClN6O5S. The molecular weight excluding hydrogens is 436 g/mol. The summed E-state index contributed by atoms with van der Waals surface area (Å²) in [4.78, 5) is 20.5. The highest BCUT2D eigenvalue weighted by molar-refractivity contribution is 7.90. The summed E-state index contributed by atoms with van der Waals surface area (Å²) in [5.74, 6) is 0.585. The van der Waals surface area contributed by atoms with Crippen LogP contribution in [-0.4, -0.2) is 48.4 Å². The number of halogens is 1. The molecule has 11 nitrogen and oxygen atoms in total. The molecule has 2 aromatic heterocycles. The highest BCUT2D eigenvalue weighted by atomic mass is 35.5. The lowest BCUT2D eigenvalue weighted by molar-refractivity contribution is 0.256. The van der Waals surface area contributed by atoms with Crippen LogP contribution < -0.4 is 19.5 Å². The monoisotopic (exact) mass is 452 g/mol. The van der Waals surface area contributed by atoms with Crippen molar-refractivity contribution in [1.82, 2.24) is 24.5 Å². The van der Waals surface area contributed by atoms with Crippen LogP contribution in [0.1, 0.15) is 5.69 Å². The number of hydrogen-bond acceptors (Lipinski definition) is 8. The van der Waals surface area contributed by atoms with E-state index in [1.807, 2.05) is 4.72 Å². The SMILES string of the molecule is COc1cc(OC)nc(-n2nc(C)cc2NC(=O)NS(=O)(=O)c2ccccc2Cl)n1. The molecule has 0 spiro atoms. The number of rotatable bonds is 6. The third-order valence-electron chi connectivity index (χ3n) is 3.70. The van der Waals surface area contributed by atoms with Gasteiger partial charge in [-0.15, -0.1) is 0 Å². The summed E-state index contributed by atoms with van der Waals surface area (Å²) in [6.07, 6.45) is 0. The van der Waals surface area contributed by atoms with Crippen LogP contribution in [0.4, 0.5) is 10.6 Å². The van der Waals surface area contributed by atoms with Crippen LogP contribution in [-0.2, 0) is 10.0 Å². The number of nitrogens with one attached hydrogen (secondary N) is 2. The van der Waals surface area contributed by atoms with Crippen LogP contribution in [0.5, 0.6) is 11.8 Å². The van der Waals surface area contributed by atoms with Gasteiger partial charge in [0.05, 0.1) is 31.0 Å². The van der Waals surface area contributed by atoms with Gasteiger partial charge in [0.15, 0.2) is 0 Å². The number of amides is 2. The maximum absolute atomic E-state index is 12.4. The number of methoxy groups -OCH3 is 2. The van der Waals surface area contributed by atoms with E-state index >= 15 is 0 Å². The van der Waals surface area contributed by atoms with Gasteiger partial charge >= 0.3 is 6.03 Å². The molecule has 0 aliphatic rings. The second-order valence-electron chi connectivity index (χ2n) is 5.83. The Morgan fingerprint density at radius 3 is 2.33 bits per heavy atom. The lowest BCUT2D eigenvalue weighted by Crippen LogP contribution is -2.35. The summed E-state index contributed by atoms with van der Waals surface area (Å²) < 4.78 is 38.2. The first-order chi connectivity index (χ1) is 14.2. The molecule has 0 radical (unpaired) electrons. The van der Waals surface area contributed by atoms with Crippen LogP contribution >= 0.6 is 11.6 Å². The second-order valence-corrected chi connectivity index (χ2v) is 7.88. The maximum Gasteiger partial charge on any atom is 0.334 e. The molecule has 3 aromatic rings. The lowest BCUT2D eigenvalue weighted by Gasteiger charge is -2.11. The van der Waals surface area contributed by atoms with Gasteiger partial charge in [0, 0.05) is 6.07 Å². The number of aryl methyl sites for hydroxylation is 1. The molecule has 158 valence electrons. The summed E-state index contributed by atoms with van der Waals surface area (Å²) in [5, 5.41) is 6.62. The normalized spacial score (nSPS) is 11.1. The Kier molecular flexibility index (Phi) is 6.08. The fourth-order valence-electron chi connectivity index (χ4n) is 2.42. The van der Waals surface area contributed by atoms with E-state index in [9.17, 15) is 13.2 Å². The number of sulfonamides is 1.